The molecule has 0 radical (unpaired) electrons. The second kappa shape index (κ2) is 6.00. The molecule has 0 fully saturated rings. The number of hydrogen-bond acceptors (Lipinski definition) is 4. The molecule has 20 heavy (non-hydrogen) atoms. The van der Waals surface area contributed by atoms with Crippen molar-refractivity contribution in [1.29, 1.82) is 0 Å². The number of aryl methyl sites for hydroxylation is 1. The number of hydrogen-bond donors (Lipinski definition) is 2. The van der Waals surface area contributed by atoms with Gasteiger partial charge in [-0.1, -0.05) is 0 Å². The van der Waals surface area contributed by atoms with Crippen molar-refractivity contribution in [2.75, 3.05) is 0 Å². The van der Waals surface area contributed by atoms with Crippen LogP contribution in [0, 0.1) is 0 Å². The van der Waals surface area contributed by atoms with Gasteiger partial charge in [0.25, 0.3) is 5.91 Å². The SMILES string of the molecule is CCn1nccc1CNC(=O)c1ccn(CC(=O)O)n1. The lowest BCUT2D eigenvalue weighted by molar-refractivity contribution is -0.137. The van der Waals surface area contributed by atoms with Crippen molar-refractivity contribution < 1.29 is 14.7 Å². The zero-order valence-electron chi connectivity index (χ0n) is 11.0. The minimum absolute atomic E-state index is 0.189. The van der Waals surface area contributed by atoms with Crippen LogP contribution < -0.4 is 5.32 Å². The van der Waals surface area contributed by atoms with Crippen LogP contribution in [0.4, 0.5) is 0 Å². The third-order valence-electron chi connectivity index (χ3n) is 2.70. The quantitative estimate of drug-likeness (QED) is 0.780. The maximum Gasteiger partial charge on any atom is 0.325 e. The molecule has 2 N–H and O–H groups in total. The molecule has 0 aliphatic rings. The van der Waals surface area contributed by atoms with Crippen LogP contribution >= 0.6 is 0 Å². The number of nitrogens with zero attached hydrogens (tertiary/aromatic N) is 4. The molecule has 2 aromatic heterocycles. The van der Waals surface area contributed by atoms with Crippen molar-refractivity contribution in [2.24, 2.45) is 0 Å². The van der Waals surface area contributed by atoms with Gasteiger partial charge in [-0.05, 0) is 19.1 Å². The number of aromatic nitrogens is 4. The highest BCUT2D eigenvalue weighted by atomic mass is 16.4. The summed E-state index contributed by atoms with van der Waals surface area (Å²) in [7, 11) is 0. The summed E-state index contributed by atoms with van der Waals surface area (Å²) in [4.78, 5) is 22.4. The topological polar surface area (TPSA) is 102 Å². The first-order chi connectivity index (χ1) is 9.60. The number of carboxylic acid groups (broad SMARTS) is 1. The molecule has 0 aliphatic heterocycles. The largest absolute Gasteiger partial charge is 0.480 e. The molecule has 0 saturated heterocycles. The summed E-state index contributed by atoms with van der Waals surface area (Å²) in [5.41, 5.74) is 1.08. The van der Waals surface area contributed by atoms with E-state index in [1.54, 1.807) is 10.9 Å². The van der Waals surface area contributed by atoms with E-state index in [0.717, 1.165) is 12.2 Å². The number of carbonyl (C=O) groups excluding carboxylic acids is 1. The van der Waals surface area contributed by atoms with Crippen molar-refractivity contribution >= 4 is 11.9 Å². The molecule has 0 bridgehead atoms. The zero-order valence-corrected chi connectivity index (χ0v) is 11.0. The van der Waals surface area contributed by atoms with Gasteiger partial charge in [-0.25, -0.2) is 0 Å². The number of amides is 1. The van der Waals surface area contributed by atoms with E-state index >= 15 is 0 Å². The van der Waals surface area contributed by atoms with Crippen molar-refractivity contribution in [1.82, 2.24) is 24.9 Å². The number of carboxylic acids is 1. The van der Waals surface area contributed by atoms with E-state index in [0.29, 0.717) is 6.54 Å². The Morgan fingerprint density at radius 3 is 2.90 bits per heavy atom. The predicted octanol–water partition coefficient (Wildman–Crippen LogP) is 0.114. The second-order valence-electron chi connectivity index (χ2n) is 4.11. The van der Waals surface area contributed by atoms with Crippen molar-refractivity contribution in [3.8, 4) is 0 Å². The average molecular weight is 277 g/mol. The second-order valence-corrected chi connectivity index (χ2v) is 4.11. The van der Waals surface area contributed by atoms with Crippen LogP contribution in [0.5, 0.6) is 0 Å². The number of carbonyl (C=O) groups is 2. The van der Waals surface area contributed by atoms with Gasteiger partial charge >= 0.3 is 5.97 Å². The molecule has 1 amide bonds. The van der Waals surface area contributed by atoms with E-state index in [9.17, 15) is 9.59 Å². The van der Waals surface area contributed by atoms with Crippen LogP contribution in [0.3, 0.4) is 0 Å². The Morgan fingerprint density at radius 1 is 1.40 bits per heavy atom. The van der Waals surface area contributed by atoms with E-state index in [-0.39, 0.29) is 18.1 Å². The molecule has 106 valence electrons. The molecule has 0 saturated carbocycles. The average Bonchev–Trinajstić information content (AvgIpc) is 3.03. The van der Waals surface area contributed by atoms with Gasteiger partial charge in [-0.3, -0.25) is 19.0 Å². The minimum Gasteiger partial charge on any atom is -0.480 e. The predicted molar refractivity (Wildman–Crippen MR) is 68.9 cm³/mol. The maximum absolute atomic E-state index is 11.9. The van der Waals surface area contributed by atoms with Gasteiger partial charge in [0.2, 0.25) is 0 Å². The highest BCUT2D eigenvalue weighted by Gasteiger charge is 2.11. The monoisotopic (exact) mass is 277 g/mol. The Bertz CT molecular complexity index is 616. The van der Waals surface area contributed by atoms with E-state index in [1.807, 2.05) is 13.0 Å². The molecular formula is C12H15N5O3. The normalized spacial score (nSPS) is 10.4. The minimum atomic E-state index is -1.01. The Balaban J connectivity index is 1.95. The van der Waals surface area contributed by atoms with Gasteiger partial charge < -0.3 is 10.4 Å². The molecule has 2 aromatic rings. The molecule has 2 heterocycles. The molecule has 0 unspecified atom stereocenters. The van der Waals surface area contributed by atoms with Gasteiger partial charge in [0.15, 0.2) is 0 Å². The van der Waals surface area contributed by atoms with E-state index < -0.39 is 5.97 Å². The molecule has 2 rings (SSSR count). The van der Waals surface area contributed by atoms with E-state index in [1.165, 1.54) is 16.9 Å². The summed E-state index contributed by atoms with van der Waals surface area (Å²) in [6, 6.07) is 3.31. The fraction of sp³-hybridized carbons (Fsp3) is 0.333. The molecular weight excluding hydrogens is 262 g/mol. The summed E-state index contributed by atoms with van der Waals surface area (Å²) in [6.07, 6.45) is 3.13. The Hall–Kier alpha value is -2.64. The molecule has 0 aliphatic carbocycles. The Kier molecular flexibility index (Phi) is 4.14. The first kappa shape index (κ1) is 13.8. The highest BCUT2D eigenvalue weighted by Crippen LogP contribution is 2.00. The molecule has 0 spiro atoms. The fourth-order valence-corrected chi connectivity index (χ4v) is 1.77. The number of rotatable bonds is 6. The van der Waals surface area contributed by atoms with Gasteiger partial charge in [0, 0.05) is 18.9 Å². The Labute approximate surface area is 115 Å². The highest BCUT2D eigenvalue weighted by molar-refractivity contribution is 5.92. The van der Waals surface area contributed by atoms with Crippen molar-refractivity contribution in [2.45, 2.75) is 26.6 Å². The standard InChI is InChI=1S/C12H15N5O3/c1-2-17-9(3-5-14-17)7-13-12(20)10-4-6-16(15-10)8-11(18)19/h3-6H,2,7-8H2,1H3,(H,13,20)(H,18,19). The summed E-state index contributed by atoms with van der Waals surface area (Å²) in [5.74, 6) is -1.36. The van der Waals surface area contributed by atoms with Crippen LogP contribution in [-0.4, -0.2) is 36.5 Å². The third kappa shape index (κ3) is 3.22. The van der Waals surface area contributed by atoms with Crippen LogP contribution in [0.25, 0.3) is 0 Å². The lowest BCUT2D eigenvalue weighted by Gasteiger charge is -2.05. The van der Waals surface area contributed by atoms with E-state index in [4.69, 9.17) is 5.11 Å². The van der Waals surface area contributed by atoms with Crippen molar-refractivity contribution in [3.05, 3.63) is 35.9 Å². The van der Waals surface area contributed by atoms with Crippen molar-refractivity contribution in [3.63, 3.8) is 0 Å². The van der Waals surface area contributed by atoms with Crippen LogP contribution in [0.15, 0.2) is 24.5 Å². The first-order valence-corrected chi connectivity index (χ1v) is 6.14. The number of nitrogens with one attached hydrogen (secondary N) is 1. The molecule has 0 aromatic carbocycles. The molecule has 8 heteroatoms. The van der Waals surface area contributed by atoms with Crippen LogP contribution in [-0.2, 0) is 24.4 Å². The number of aliphatic carboxylic acids is 1. The maximum atomic E-state index is 11.9. The van der Waals surface area contributed by atoms with Crippen LogP contribution in [0.2, 0.25) is 0 Å². The summed E-state index contributed by atoms with van der Waals surface area (Å²) >= 11 is 0. The first-order valence-electron chi connectivity index (χ1n) is 6.14. The van der Waals surface area contributed by atoms with Gasteiger partial charge in [0.05, 0.1) is 12.2 Å². The summed E-state index contributed by atoms with van der Waals surface area (Å²) < 4.78 is 2.98. The summed E-state index contributed by atoms with van der Waals surface area (Å²) in [6.45, 7) is 2.77. The van der Waals surface area contributed by atoms with E-state index in [2.05, 4.69) is 15.5 Å². The van der Waals surface area contributed by atoms with Crippen LogP contribution in [0.1, 0.15) is 23.1 Å². The van der Waals surface area contributed by atoms with Gasteiger partial charge in [0.1, 0.15) is 12.2 Å². The lowest BCUT2D eigenvalue weighted by atomic mass is 10.3. The third-order valence-corrected chi connectivity index (χ3v) is 2.70. The Morgan fingerprint density at radius 2 is 2.20 bits per heavy atom. The fourth-order valence-electron chi connectivity index (χ4n) is 1.77. The lowest BCUT2D eigenvalue weighted by Crippen LogP contribution is -2.25. The van der Waals surface area contributed by atoms with Gasteiger partial charge in [-0.2, -0.15) is 10.2 Å². The summed E-state index contributed by atoms with van der Waals surface area (Å²) in [5, 5.41) is 19.3. The molecule has 0 atom stereocenters. The smallest absolute Gasteiger partial charge is 0.325 e. The van der Waals surface area contributed by atoms with Gasteiger partial charge in [-0.15, -0.1) is 0 Å². The zero-order chi connectivity index (χ0) is 14.5. The molecule has 8 nitrogen and oxygen atoms in total.